The van der Waals surface area contributed by atoms with Crippen molar-refractivity contribution in [1.29, 1.82) is 0 Å². The zero-order chi connectivity index (χ0) is 15.4. The molecule has 1 aromatic rings. The van der Waals surface area contributed by atoms with E-state index < -0.39 is 0 Å². The Balaban J connectivity index is 0.00000242. The fraction of sp³-hybridized carbons (Fsp3) is 0.733. The Hall–Kier alpha value is -0.440. The highest BCUT2D eigenvalue weighted by Gasteiger charge is 2.25. The van der Waals surface area contributed by atoms with Crippen LogP contribution in [0, 0.1) is 19.8 Å². The Morgan fingerprint density at radius 2 is 2.23 bits per heavy atom. The van der Waals surface area contributed by atoms with Gasteiger partial charge in [-0.2, -0.15) is 11.8 Å². The summed E-state index contributed by atoms with van der Waals surface area (Å²) in [6.07, 6.45) is 0. The predicted molar refractivity (Wildman–Crippen MR) is 104 cm³/mol. The van der Waals surface area contributed by atoms with Gasteiger partial charge in [-0.05, 0) is 19.8 Å². The molecule has 126 valence electrons. The van der Waals surface area contributed by atoms with Gasteiger partial charge < -0.3 is 14.7 Å². The second-order valence-electron chi connectivity index (χ2n) is 5.80. The van der Waals surface area contributed by atoms with Crippen LogP contribution in [0.5, 0.6) is 0 Å². The van der Waals surface area contributed by atoms with Crippen molar-refractivity contribution in [2.75, 3.05) is 25.9 Å². The lowest BCUT2D eigenvalue weighted by Gasteiger charge is -2.36. The summed E-state index contributed by atoms with van der Waals surface area (Å²) in [5, 5.41) is 8.12. The maximum atomic E-state index is 5.21. The van der Waals surface area contributed by atoms with Gasteiger partial charge >= 0.3 is 0 Å². The Kier molecular flexibility index (Phi) is 8.02. The second kappa shape index (κ2) is 9.00. The number of rotatable bonds is 3. The number of aromatic nitrogens is 1. The molecule has 1 aliphatic rings. The standard InChI is InChI=1S/C15H26N4OS.HI/c1-10(2)14-9-19(6-7-21-14)15(16-5)17-8-13-11(3)18-20-12(13)4;/h10,14H,6-9H2,1-5H3,(H,16,17);1H. The lowest BCUT2D eigenvalue weighted by atomic mass is 10.1. The summed E-state index contributed by atoms with van der Waals surface area (Å²) in [4.78, 5) is 6.80. The molecule has 2 rings (SSSR count). The second-order valence-corrected chi connectivity index (χ2v) is 7.15. The number of nitrogens with one attached hydrogen (secondary N) is 1. The monoisotopic (exact) mass is 438 g/mol. The van der Waals surface area contributed by atoms with E-state index in [4.69, 9.17) is 4.52 Å². The van der Waals surface area contributed by atoms with Crippen molar-refractivity contribution in [3.63, 3.8) is 0 Å². The summed E-state index contributed by atoms with van der Waals surface area (Å²) in [6.45, 7) is 11.3. The molecule has 22 heavy (non-hydrogen) atoms. The molecule has 0 amide bonds. The Labute approximate surface area is 154 Å². The molecule has 1 unspecified atom stereocenters. The summed E-state index contributed by atoms with van der Waals surface area (Å²) in [6, 6.07) is 0. The van der Waals surface area contributed by atoms with Gasteiger partial charge in [-0.1, -0.05) is 19.0 Å². The smallest absolute Gasteiger partial charge is 0.193 e. The quantitative estimate of drug-likeness (QED) is 0.447. The van der Waals surface area contributed by atoms with Crippen LogP contribution in [0.15, 0.2) is 9.52 Å². The van der Waals surface area contributed by atoms with Crippen LogP contribution in [0.25, 0.3) is 0 Å². The van der Waals surface area contributed by atoms with Gasteiger partial charge in [0.1, 0.15) is 5.76 Å². The van der Waals surface area contributed by atoms with Crippen LogP contribution in [0.4, 0.5) is 0 Å². The fourth-order valence-corrected chi connectivity index (χ4v) is 3.82. The molecule has 0 saturated carbocycles. The third kappa shape index (κ3) is 4.78. The number of guanidine groups is 1. The number of nitrogens with zero attached hydrogens (tertiary/aromatic N) is 3. The van der Waals surface area contributed by atoms with E-state index in [0.717, 1.165) is 41.8 Å². The van der Waals surface area contributed by atoms with Gasteiger partial charge in [0.2, 0.25) is 0 Å². The lowest BCUT2D eigenvalue weighted by Crippen LogP contribution is -2.48. The number of thioether (sulfide) groups is 1. The van der Waals surface area contributed by atoms with E-state index in [1.165, 1.54) is 0 Å². The SMILES string of the molecule is CN=C(NCc1c(C)noc1C)N1CCSC(C(C)C)C1.I. The van der Waals surface area contributed by atoms with Gasteiger partial charge in [-0.3, -0.25) is 4.99 Å². The van der Waals surface area contributed by atoms with Crippen LogP contribution < -0.4 is 5.32 Å². The lowest BCUT2D eigenvalue weighted by molar-refractivity contribution is 0.380. The van der Waals surface area contributed by atoms with Crippen LogP contribution in [-0.4, -0.2) is 47.2 Å². The zero-order valence-corrected chi connectivity index (χ0v) is 17.2. The average molecular weight is 438 g/mol. The zero-order valence-electron chi connectivity index (χ0n) is 14.0. The molecule has 5 nitrogen and oxygen atoms in total. The van der Waals surface area contributed by atoms with E-state index >= 15 is 0 Å². The first-order chi connectivity index (χ1) is 10.0. The molecule has 0 radical (unpaired) electrons. The van der Waals surface area contributed by atoms with E-state index in [0.29, 0.717) is 17.7 Å². The topological polar surface area (TPSA) is 53.7 Å². The molecule has 0 aliphatic carbocycles. The molecule has 7 heteroatoms. The van der Waals surface area contributed by atoms with Crippen molar-refractivity contribution in [2.24, 2.45) is 10.9 Å². The van der Waals surface area contributed by atoms with Crippen molar-refractivity contribution < 1.29 is 4.52 Å². The van der Waals surface area contributed by atoms with Crippen molar-refractivity contribution >= 4 is 41.7 Å². The highest BCUT2D eigenvalue weighted by molar-refractivity contribution is 14.0. The minimum atomic E-state index is 0. The largest absolute Gasteiger partial charge is 0.361 e. The van der Waals surface area contributed by atoms with Crippen LogP contribution in [0.1, 0.15) is 30.9 Å². The first-order valence-electron chi connectivity index (χ1n) is 7.51. The molecule has 0 bridgehead atoms. The average Bonchev–Trinajstić information content (AvgIpc) is 2.79. The number of hydrogen-bond donors (Lipinski definition) is 1. The Bertz CT molecular complexity index is 484. The van der Waals surface area contributed by atoms with Gasteiger partial charge in [0.25, 0.3) is 0 Å². The van der Waals surface area contributed by atoms with Crippen LogP contribution >= 0.6 is 35.7 Å². The van der Waals surface area contributed by atoms with Crippen molar-refractivity contribution in [3.8, 4) is 0 Å². The van der Waals surface area contributed by atoms with Gasteiger partial charge in [-0.15, -0.1) is 24.0 Å². The number of aryl methyl sites for hydroxylation is 2. The highest BCUT2D eigenvalue weighted by atomic mass is 127. The van der Waals surface area contributed by atoms with Gasteiger partial charge in [-0.25, -0.2) is 0 Å². The minimum absolute atomic E-state index is 0. The predicted octanol–water partition coefficient (Wildman–Crippen LogP) is 3.06. The fourth-order valence-electron chi connectivity index (χ4n) is 2.53. The van der Waals surface area contributed by atoms with Crippen LogP contribution in [-0.2, 0) is 6.54 Å². The third-order valence-corrected chi connectivity index (χ3v) is 5.49. The van der Waals surface area contributed by atoms with Gasteiger partial charge in [0.15, 0.2) is 5.96 Å². The molecule has 1 saturated heterocycles. The Morgan fingerprint density at radius 1 is 1.50 bits per heavy atom. The molecule has 1 atom stereocenters. The minimum Gasteiger partial charge on any atom is -0.361 e. The molecule has 1 fully saturated rings. The van der Waals surface area contributed by atoms with E-state index in [2.05, 4.69) is 46.0 Å². The normalized spacial score (nSPS) is 19.3. The van der Waals surface area contributed by atoms with Crippen molar-refractivity contribution in [2.45, 2.75) is 39.5 Å². The molecular formula is C15H27IN4OS. The van der Waals surface area contributed by atoms with Gasteiger partial charge in [0, 0.05) is 43.2 Å². The first-order valence-corrected chi connectivity index (χ1v) is 8.56. The van der Waals surface area contributed by atoms with E-state index in [1.54, 1.807) is 0 Å². The Morgan fingerprint density at radius 3 is 2.77 bits per heavy atom. The summed E-state index contributed by atoms with van der Waals surface area (Å²) in [5.74, 6) is 3.71. The van der Waals surface area contributed by atoms with Crippen LogP contribution in [0.3, 0.4) is 0 Å². The molecule has 1 aliphatic heterocycles. The summed E-state index contributed by atoms with van der Waals surface area (Å²) in [7, 11) is 1.85. The number of aliphatic imine (C=N–C) groups is 1. The summed E-state index contributed by atoms with van der Waals surface area (Å²) in [5.41, 5.74) is 2.08. The number of hydrogen-bond acceptors (Lipinski definition) is 4. The van der Waals surface area contributed by atoms with Gasteiger partial charge in [0.05, 0.1) is 5.69 Å². The molecule has 0 aromatic carbocycles. The van der Waals surface area contributed by atoms with E-state index in [1.807, 2.05) is 20.9 Å². The van der Waals surface area contributed by atoms with Crippen molar-refractivity contribution in [1.82, 2.24) is 15.4 Å². The third-order valence-electron chi connectivity index (χ3n) is 3.95. The highest BCUT2D eigenvalue weighted by Crippen LogP contribution is 2.25. The molecule has 1 aromatic heterocycles. The molecule has 1 N–H and O–H groups in total. The molecular weight excluding hydrogens is 411 g/mol. The van der Waals surface area contributed by atoms with Crippen molar-refractivity contribution in [3.05, 3.63) is 17.0 Å². The van der Waals surface area contributed by atoms with Crippen LogP contribution in [0.2, 0.25) is 0 Å². The summed E-state index contributed by atoms with van der Waals surface area (Å²) < 4.78 is 5.21. The molecule has 2 heterocycles. The van der Waals surface area contributed by atoms with E-state index in [9.17, 15) is 0 Å². The molecule has 0 spiro atoms. The maximum absolute atomic E-state index is 5.21. The number of halogens is 1. The summed E-state index contributed by atoms with van der Waals surface area (Å²) >= 11 is 2.07. The van der Waals surface area contributed by atoms with E-state index in [-0.39, 0.29) is 24.0 Å². The first kappa shape index (κ1) is 19.6. The maximum Gasteiger partial charge on any atom is 0.193 e.